The highest BCUT2D eigenvalue weighted by Gasteiger charge is 2.43. The third-order valence-corrected chi connectivity index (χ3v) is 5.51. The number of carbonyl (C=O) groups is 3. The second-order valence-corrected chi connectivity index (χ2v) is 7.67. The van der Waals surface area contributed by atoms with Gasteiger partial charge in [0.05, 0.1) is 12.2 Å². The molecule has 2 N–H and O–H groups in total. The summed E-state index contributed by atoms with van der Waals surface area (Å²) in [4.78, 5) is 43.0. The lowest BCUT2D eigenvalue weighted by atomic mass is 9.98. The largest absolute Gasteiger partial charge is 0.462 e. The summed E-state index contributed by atoms with van der Waals surface area (Å²) in [7, 11) is 0. The Morgan fingerprint density at radius 1 is 1.19 bits per heavy atom. The second-order valence-electron chi connectivity index (χ2n) is 7.67. The van der Waals surface area contributed by atoms with Crippen LogP contribution in [0.25, 0.3) is 0 Å². The van der Waals surface area contributed by atoms with Crippen molar-refractivity contribution in [3.05, 3.63) is 65.5 Å². The topological polar surface area (TPSA) is 100 Å². The van der Waals surface area contributed by atoms with Crippen LogP contribution in [-0.4, -0.2) is 53.9 Å². The van der Waals surface area contributed by atoms with E-state index < -0.39 is 17.4 Å². The van der Waals surface area contributed by atoms with E-state index in [4.69, 9.17) is 4.74 Å². The molecule has 1 spiro atoms. The molecule has 0 aromatic heterocycles. The molecule has 1 fully saturated rings. The van der Waals surface area contributed by atoms with Crippen molar-refractivity contribution in [3.8, 4) is 0 Å². The van der Waals surface area contributed by atoms with Gasteiger partial charge in [0.1, 0.15) is 17.2 Å². The van der Waals surface area contributed by atoms with Gasteiger partial charge in [0.2, 0.25) is 0 Å². The summed E-state index contributed by atoms with van der Waals surface area (Å²) in [5.74, 6) is -1.18. The minimum absolute atomic E-state index is 0.212. The first-order valence-corrected chi connectivity index (χ1v) is 10.4. The first-order valence-electron chi connectivity index (χ1n) is 10.4. The van der Waals surface area contributed by atoms with E-state index in [0.717, 1.165) is 0 Å². The highest BCUT2D eigenvalue weighted by atomic mass is 19.1. The highest BCUT2D eigenvalue weighted by Crippen LogP contribution is 2.29. The zero-order valence-corrected chi connectivity index (χ0v) is 17.6. The SMILES string of the molecule is CCOC(=O)c1ccc(NC(=O)N2CCC3(CC2)N=C(c2cccc(F)c2)C(=O)N3)cc1. The van der Waals surface area contributed by atoms with Gasteiger partial charge >= 0.3 is 12.0 Å². The number of halogens is 1. The van der Waals surface area contributed by atoms with Gasteiger partial charge in [-0.3, -0.25) is 9.79 Å². The Balaban J connectivity index is 1.37. The van der Waals surface area contributed by atoms with Crippen LogP contribution in [0.2, 0.25) is 0 Å². The summed E-state index contributed by atoms with van der Waals surface area (Å²) in [5, 5.41) is 5.71. The predicted molar refractivity (Wildman–Crippen MR) is 116 cm³/mol. The quantitative estimate of drug-likeness (QED) is 0.717. The lowest BCUT2D eigenvalue weighted by molar-refractivity contribution is -0.115. The minimum atomic E-state index is -0.781. The Labute approximate surface area is 184 Å². The minimum Gasteiger partial charge on any atom is -0.462 e. The molecular weight excluding hydrogens is 415 g/mol. The van der Waals surface area contributed by atoms with Gasteiger partial charge in [-0.1, -0.05) is 12.1 Å². The van der Waals surface area contributed by atoms with Crippen LogP contribution in [-0.2, 0) is 9.53 Å². The van der Waals surface area contributed by atoms with Crippen LogP contribution in [0.3, 0.4) is 0 Å². The van der Waals surface area contributed by atoms with Crippen molar-refractivity contribution in [2.24, 2.45) is 4.99 Å². The van der Waals surface area contributed by atoms with E-state index in [9.17, 15) is 18.8 Å². The maximum absolute atomic E-state index is 13.5. The number of urea groups is 1. The molecule has 2 aromatic carbocycles. The van der Waals surface area contributed by atoms with E-state index in [2.05, 4.69) is 15.6 Å². The average molecular weight is 438 g/mol. The Morgan fingerprint density at radius 2 is 1.91 bits per heavy atom. The Hall–Kier alpha value is -3.75. The van der Waals surface area contributed by atoms with Crippen molar-refractivity contribution in [3.63, 3.8) is 0 Å². The standard InChI is InChI=1S/C23H23FN4O4/c1-2-32-21(30)15-6-8-18(9-7-15)25-22(31)28-12-10-23(11-13-28)26-19(20(29)27-23)16-4-3-5-17(24)14-16/h3-9,14H,2,10-13H2,1H3,(H,25,31)(H,27,29). The number of likely N-dealkylation sites (tertiary alicyclic amines) is 1. The normalized spacial score (nSPS) is 17.0. The summed E-state index contributed by atoms with van der Waals surface area (Å²) in [6, 6.07) is 12.0. The fourth-order valence-corrected chi connectivity index (χ4v) is 3.82. The second kappa shape index (κ2) is 8.78. The zero-order valence-electron chi connectivity index (χ0n) is 17.6. The van der Waals surface area contributed by atoms with Crippen LogP contribution in [0.4, 0.5) is 14.9 Å². The molecule has 3 amide bonds. The third kappa shape index (κ3) is 4.46. The number of hydrogen-bond donors (Lipinski definition) is 2. The fraction of sp³-hybridized carbons (Fsp3) is 0.304. The van der Waals surface area contributed by atoms with Crippen LogP contribution in [0.1, 0.15) is 35.7 Å². The van der Waals surface area contributed by atoms with Gasteiger partial charge in [-0.25, -0.2) is 14.0 Å². The molecule has 0 aliphatic carbocycles. The van der Waals surface area contributed by atoms with Crippen LogP contribution in [0.15, 0.2) is 53.5 Å². The summed E-state index contributed by atoms with van der Waals surface area (Å²) in [6.45, 7) is 2.82. The molecule has 0 unspecified atom stereocenters. The Morgan fingerprint density at radius 3 is 2.56 bits per heavy atom. The highest BCUT2D eigenvalue weighted by molar-refractivity contribution is 6.46. The number of hydrogen-bond acceptors (Lipinski definition) is 5. The van der Waals surface area contributed by atoms with E-state index in [1.54, 1.807) is 42.2 Å². The van der Waals surface area contributed by atoms with Gasteiger partial charge in [0.15, 0.2) is 0 Å². The number of benzene rings is 2. The van der Waals surface area contributed by atoms with Crippen molar-refractivity contribution in [1.29, 1.82) is 0 Å². The summed E-state index contributed by atoms with van der Waals surface area (Å²) in [6.07, 6.45) is 0.902. The summed E-state index contributed by atoms with van der Waals surface area (Å²) < 4.78 is 18.5. The van der Waals surface area contributed by atoms with Crippen molar-refractivity contribution in [2.45, 2.75) is 25.4 Å². The van der Waals surface area contributed by atoms with Crippen molar-refractivity contribution < 1.29 is 23.5 Å². The lowest BCUT2D eigenvalue weighted by Gasteiger charge is -2.37. The van der Waals surface area contributed by atoms with E-state index in [-0.39, 0.29) is 17.6 Å². The Kier molecular flexibility index (Phi) is 5.89. The van der Waals surface area contributed by atoms with Crippen LogP contribution < -0.4 is 10.6 Å². The molecule has 2 aromatic rings. The number of esters is 1. The van der Waals surface area contributed by atoms with Crippen molar-refractivity contribution >= 4 is 29.3 Å². The van der Waals surface area contributed by atoms with E-state index in [1.165, 1.54) is 18.2 Å². The van der Waals surface area contributed by atoms with Gasteiger partial charge in [-0.05, 0) is 43.3 Å². The molecular formula is C23H23FN4O4. The van der Waals surface area contributed by atoms with Crippen LogP contribution in [0.5, 0.6) is 0 Å². The van der Waals surface area contributed by atoms with Gasteiger partial charge in [-0.2, -0.15) is 0 Å². The van der Waals surface area contributed by atoms with Gasteiger partial charge in [-0.15, -0.1) is 0 Å². The smallest absolute Gasteiger partial charge is 0.338 e. The van der Waals surface area contributed by atoms with E-state index in [0.29, 0.717) is 49.4 Å². The molecule has 32 heavy (non-hydrogen) atoms. The molecule has 8 nitrogen and oxygen atoms in total. The molecule has 0 atom stereocenters. The van der Waals surface area contributed by atoms with Crippen molar-refractivity contribution in [2.75, 3.05) is 25.0 Å². The van der Waals surface area contributed by atoms with Gasteiger partial charge < -0.3 is 20.3 Å². The van der Waals surface area contributed by atoms with E-state index >= 15 is 0 Å². The number of amides is 3. The summed E-state index contributed by atoms with van der Waals surface area (Å²) >= 11 is 0. The molecule has 166 valence electrons. The number of anilines is 1. The van der Waals surface area contributed by atoms with Crippen LogP contribution in [0, 0.1) is 5.82 Å². The maximum atomic E-state index is 13.5. The molecule has 4 rings (SSSR count). The van der Waals surface area contributed by atoms with Gasteiger partial charge in [0, 0.05) is 37.2 Å². The molecule has 2 aliphatic rings. The molecule has 2 aliphatic heterocycles. The first kappa shape index (κ1) is 21.5. The Bertz CT molecular complexity index is 1080. The lowest BCUT2D eigenvalue weighted by Crippen LogP contribution is -2.53. The number of nitrogens with one attached hydrogen (secondary N) is 2. The third-order valence-electron chi connectivity index (χ3n) is 5.51. The predicted octanol–water partition coefficient (Wildman–Crippen LogP) is 2.95. The van der Waals surface area contributed by atoms with Gasteiger partial charge in [0.25, 0.3) is 5.91 Å². The van der Waals surface area contributed by atoms with Crippen molar-refractivity contribution in [1.82, 2.24) is 10.2 Å². The van der Waals surface area contributed by atoms with E-state index in [1.807, 2.05) is 0 Å². The molecule has 0 saturated carbocycles. The molecule has 2 heterocycles. The number of aliphatic imine (C=N–C) groups is 1. The number of ether oxygens (including phenoxy) is 1. The number of carbonyl (C=O) groups excluding carboxylic acids is 3. The maximum Gasteiger partial charge on any atom is 0.338 e. The zero-order chi connectivity index (χ0) is 22.7. The number of nitrogens with zero attached hydrogens (tertiary/aromatic N) is 2. The summed E-state index contributed by atoms with van der Waals surface area (Å²) in [5.41, 5.74) is 0.837. The average Bonchev–Trinajstić information content (AvgIpc) is 3.10. The number of piperidine rings is 1. The number of rotatable bonds is 4. The molecule has 9 heteroatoms. The molecule has 0 radical (unpaired) electrons. The fourth-order valence-electron chi connectivity index (χ4n) is 3.82. The monoisotopic (exact) mass is 438 g/mol. The molecule has 1 saturated heterocycles. The van der Waals surface area contributed by atoms with Crippen LogP contribution >= 0.6 is 0 Å². The molecule has 0 bridgehead atoms. The first-order chi connectivity index (χ1) is 15.4.